The smallest absolute Gasteiger partial charge is 0.137 e. The van der Waals surface area contributed by atoms with Crippen LogP contribution in [0.1, 0.15) is 46.1 Å². The average Bonchev–Trinajstić information content (AvgIpc) is 2.35. The molecule has 1 aromatic rings. The molecule has 2 atom stereocenters. The van der Waals surface area contributed by atoms with Gasteiger partial charge in [0, 0.05) is 11.7 Å². The molecule has 0 saturated carbocycles. The molecule has 0 bridgehead atoms. The lowest BCUT2D eigenvalue weighted by atomic mass is 9.81. The van der Waals surface area contributed by atoms with Gasteiger partial charge in [-0.25, -0.2) is 0 Å². The second-order valence-electron chi connectivity index (χ2n) is 4.85. The first-order valence-corrected chi connectivity index (χ1v) is 6.39. The van der Waals surface area contributed by atoms with Crippen LogP contribution in [0.4, 0.5) is 0 Å². The van der Waals surface area contributed by atoms with E-state index in [1.54, 1.807) is 6.20 Å². The fourth-order valence-electron chi connectivity index (χ4n) is 1.72. The van der Waals surface area contributed by atoms with E-state index < -0.39 is 0 Å². The summed E-state index contributed by atoms with van der Waals surface area (Å²) >= 11 is 0. The van der Waals surface area contributed by atoms with Crippen LogP contribution in [0.3, 0.4) is 0 Å². The van der Waals surface area contributed by atoms with Crippen molar-refractivity contribution in [1.29, 1.82) is 0 Å². The van der Waals surface area contributed by atoms with Crippen molar-refractivity contribution in [2.75, 3.05) is 6.61 Å². The number of pyridine rings is 1. The Labute approximate surface area is 104 Å². The highest BCUT2D eigenvalue weighted by atomic mass is 16.5. The molecule has 0 saturated heterocycles. The third kappa shape index (κ3) is 3.43. The topological polar surface area (TPSA) is 48.1 Å². The van der Waals surface area contributed by atoms with Gasteiger partial charge in [0.2, 0.25) is 0 Å². The van der Waals surface area contributed by atoms with Crippen molar-refractivity contribution < 1.29 is 4.74 Å². The van der Waals surface area contributed by atoms with Gasteiger partial charge in [-0.15, -0.1) is 0 Å². The molecule has 1 aromatic heterocycles. The van der Waals surface area contributed by atoms with Crippen molar-refractivity contribution in [2.45, 2.75) is 46.1 Å². The van der Waals surface area contributed by atoms with Crippen LogP contribution in [-0.2, 0) is 5.54 Å². The van der Waals surface area contributed by atoms with E-state index in [-0.39, 0.29) is 5.54 Å². The summed E-state index contributed by atoms with van der Waals surface area (Å²) in [6, 6.07) is 2.01. The quantitative estimate of drug-likeness (QED) is 0.825. The second-order valence-corrected chi connectivity index (χ2v) is 4.85. The molecule has 96 valence electrons. The molecule has 3 nitrogen and oxygen atoms in total. The normalized spacial score (nSPS) is 16.3. The molecule has 2 unspecified atom stereocenters. The molecule has 0 radical (unpaired) electrons. The van der Waals surface area contributed by atoms with Gasteiger partial charge in [0.05, 0.1) is 12.8 Å². The summed E-state index contributed by atoms with van der Waals surface area (Å²) in [4.78, 5) is 4.22. The predicted molar refractivity (Wildman–Crippen MR) is 71.0 cm³/mol. The van der Waals surface area contributed by atoms with E-state index in [9.17, 15) is 0 Å². The van der Waals surface area contributed by atoms with E-state index in [4.69, 9.17) is 10.5 Å². The molecule has 0 aliphatic rings. The lowest BCUT2D eigenvalue weighted by molar-refractivity contribution is 0.302. The van der Waals surface area contributed by atoms with Gasteiger partial charge < -0.3 is 10.5 Å². The van der Waals surface area contributed by atoms with E-state index in [2.05, 4.69) is 32.7 Å². The minimum absolute atomic E-state index is 0.354. The minimum atomic E-state index is -0.354. The van der Waals surface area contributed by atoms with Gasteiger partial charge >= 0.3 is 0 Å². The lowest BCUT2D eigenvalue weighted by Crippen LogP contribution is -2.39. The lowest BCUT2D eigenvalue weighted by Gasteiger charge is -2.31. The first-order valence-electron chi connectivity index (χ1n) is 6.39. The number of nitrogens with two attached hydrogens (primary N) is 1. The number of ether oxygens (including phenoxy) is 1. The molecule has 17 heavy (non-hydrogen) atoms. The molecule has 1 heterocycles. The molecular formula is C14H24N2O. The van der Waals surface area contributed by atoms with Gasteiger partial charge in [0.15, 0.2) is 0 Å². The highest BCUT2D eigenvalue weighted by Crippen LogP contribution is 2.29. The molecule has 0 aliphatic carbocycles. The van der Waals surface area contributed by atoms with Crippen LogP contribution in [0.5, 0.6) is 5.75 Å². The highest BCUT2D eigenvalue weighted by Gasteiger charge is 2.27. The zero-order chi connectivity index (χ0) is 12.9. The first kappa shape index (κ1) is 14.0. The Hall–Kier alpha value is -1.09. The fraction of sp³-hybridized carbons (Fsp3) is 0.643. The maximum absolute atomic E-state index is 6.39. The summed E-state index contributed by atoms with van der Waals surface area (Å²) < 4.78 is 5.59. The molecule has 0 spiro atoms. The third-order valence-electron chi connectivity index (χ3n) is 3.44. The monoisotopic (exact) mass is 236 g/mol. The Morgan fingerprint density at radius 1 is 1.41 bits per heavy atom. The molecule has 1 rings (SSSR count). The maximum Gasteiger partial charge on any atom is 0.137 e. The summed E-state index contributed by atoms with van der Waals surface area (Å²) in [7, 11) is 0. The Morgan fingerprint density at radius 2 is 2.12 bits per heavy atom. The van der Waals surface area contributed by atoms with Crippen LogP contribution in [0, 0.1) is 5.92 Å². The number of hydrogen-bond donors (Lipinski definition) is 1. The van der Waals surface area contributed by atoms with Gasteiger partial charge in [-0.05, 0) is 30.9 Å². The van der Waals surface area contributed by atoms with E-state index in [0.29, 0.717) is 5.92 Å². The zero-order valence-electron chi connectivity index (χ0n) is 11.4. The Morgan fingerprint density at radius 3 is 2.71 bits per heavy atom. The Balaban J connectivity index is 2.90. The summed E-state index contributed by atoms with van der Waals surface area (Å²) in [5, 5.41) is 0. The molecule has 0 fully saturated rings. The molecular weight excluding hydrogens is 212 g/mol. The molecule has 0 aliphatic heterocycles. The highest BCUT2D eigenvalue weighted by molar-refractivity contribution is 5.29. The summed E-state index contributed by atoms with van der Waals surface area (Å²) in [5.74, 6) is 1.22. The number of rotatable bonds is 6. The van der Waals surface area contributed by atoms with Crippen molar-refractivity contribution in [2.24, 2.45) is 11.7 Å². The fourth-order valence-corrected chi connectivity index (χ4v) is 1.72. The molecule has 2 N–H and O–H groups in total. The predicted octanol–water partition coefficient (Wildman–Crippen LogP) is 3.09. The van der Waals surface area contributed by atoms with Crippen molar-refractivity contribution in [3.63, 3.8) is 0 Å². The van der Waals surface area contributed by atoms with Gasteiger partial charge in [-0.1, -0.05) is 27.2 Å². The van der Waals surface area contributed by atoms with Gasteiger partial charge in [-0.3, -0.25) is 4.98 Å². The SMILES string of the molecule is CCCOc1cncc(C(C)(N)C(C)CC)c1. The van der Waals surface area contributed by atoms with E-state index in [1.165, 1.54) is 0 Å². The number of nitrogens with zero attached hydrogens (tertiary/aromatic N) is 1. The van der Waals surface area contributed by atoms with E-state index >= 15 is 0 Å². The molecule has 0 aromatic carbocycles. The average molecular weight is 236 g/mol. The van der Waals surface area contributed by atoms with Crippen molar-refractivity contribution in [3.05, 3.63) is 24.0 Å². The number of aromatic nitrogens is 1. The number of hydrogen-bond acceptors (Lipinski definition) is 3. The molecule has 0 amide bonds. The summed E-state index contributed by atoms with van der Waals surface area (Å²) in [5.41, 5.74) is 7.08. The van der Waals surface area contributed by atoms with Gasteiger partial charge in [0.1, 0.15) is 5.75 Å². The zero-order valence-corrected chi connectivity index (χ0v) is 11.4. The standard InChI is InChI=1S/C14H24N2O/c1-5-7-17-13-8-12(9-16-10-13)14(4,15)11(3)6-2/h8-11H,5-7,15H2,1-4H3. The van der Waals surface area contributed by atoms with Crippen molar-refractivity contribution >= 4 is 0 Å². The minimum Gasteiger partial charge on any atom is -0.492 e. The van der Waals surface area contributed by atoms with Crippen molar-refractivity contribution in [1.82, 2.24) is 4.98 Å². The van der Waals surface area contributed by atoms with Crippen molar-refractivity contribution in [3.8, 4) is 5.75 Å². The van der Waals surface area contributed by atoms with Crippen LogP contribution < -0.4 is 10.5 Å². The van der Waals surface area contributed by atoms with E-state index in [1.807, 2.05) is 12.3 Å². The van der Waals surface area contributed by atoms with Gasteiger partial charge in [0.25, 0.3) is 0 Å². The van der Waals surface area contributed by atoms with Crippen LogP contribution in [-0.4, -0.2) is 11.6 Å². The van der Waals surface area contributed by atoms with Crippen LogP contribution in [0.25, 0.3) is 0 Å². The largest absolute Gasteiger partial charge is 0.492 e. The Kier molecular flexibility index (Phi) is 4.94. The van der Waals surface area contributed by atoms with Crippen LogP contribution in [0.15, 0.2) is 18.5 Å². The maximum atomic E-state index is 6.39. The molecule has 3 heteroatoms. The van der Waals surface area contributed by atoms with Gasteiger partial charge in [-0.2, -0.15) is 0 Å². The summed E-state index contributed by atoms with van der Waals surface area (Å²) in [6.07, 6.45) is 5.62. The Bertz CT molecular complexity index is 350. The first-order chi connectivity index (χ1) is 8.02. The van der Waals surface area contributed by atoms with E-state index in [0.717, 1.165) is 30.8 Å². The third-order valence-corrected chi connectivity index (χ3v) is 3.44. The van der Waals surface area contributed by atoms with Crippen LogP contribution >= 0.6 is 0 Å². The second kappa shape index (κ2) is 6.01. The van der Waals surface area contributed by atoms with Crippen LogP contribution in [0.2, 0.25) is 0 Å². The summed E-state index contributed by atoms with van der Waals surface area (Å²) in [6.45, 7) is 9.18.